The van der Waals surface area contributed by atoms with Gasteiger partial charge in [0.15, 0.2) is 0 Å². The minimum atomic E-state index is -0.566. The first-order chi connectivity index (χ1) is 10.1. The molecule has 0 heterocycles. The van der Waals surface area contributed by atoms with Crippen LogP contribution in [0.1, 0.15) is 18.5 Å². The summed E-state index contributed by atoms with van der Waals surface area (Å²) in [5.41, 5.74) is 1.89. The van der Waals surface area contributed by atoms with E-state index in [1.807, 2.05) is 13.0 Å². The Bertz CT molecular complexity index is 631. The molecule has 0 aliphatic rings. The lowest BCUT2D eigenvalue weighted by Crippen LogP contribution is -2.15. The van der Waals surface area contributed by atoms with E-state index in [-0.39, 0.29) is 11.9 Å². The summed E-state index contributed by atoms with van der Waals surface area (Å²) in [4.78, 5) is 11.1. The van der Waals surface area contributed by atoms with Crippen molar-refractivity contribution in [1.29, 1.82) is 0 Å². The Balaban J connectivity index is 2.11. The van der Waals surface area contributed by atoms with Gasteiger partial charge in [-0.15, -0.1) is 0 Å². The maximum Gasteiger partial charge on any atom is 0.250 e. The van der Waals surface area contributed by atoms with Crippen LogP contribution in [0.2, 0.25) is 0 Å². The van der Waals surface area contributed by atoms with E-state index < -0.39 is 12.5 Å². The Morgan fingerprint density at radius 2 is 1.90 bits per heavy atom. The minimum absolute atomic E-state index is 0.213. The lowest BCUT2D eigenvalue weighted by atomic mass is 10.1. The Labute approximate surface area is 122 Å². The zero-order valence-corrected chi connectivity index (χ0v) is 11.6. The molecule has 5 heteroatoms. The Morgan fingerprint density at radius 3 is 2.62 bits per heavy atom. The second-order valence-corrected chi connectivity index (χ2v) is 4.67. The molecule has 0 bridgehead atoms. The fourth-order valence-electron chi connectivity index (χ4n) is 2.04. The van der Waals surface area contributed by atoms with Gasteiger partial charge in [0.05, 0.1) is 6.04 Å². The van der Waals surface area contributed by atoms with E-state index in [0.29, 0.717) is 11.3 Å². The van der Waals surface area contributed by atoms with Gasteiger partial charge in [0, 0.05) is 16.9 Å². The van der Waals surface area contributed by atoms with Crippen LogP contribution in [-0.4, -0.2) is 17.6 Å². The van der Waals surface area contributed by atoms with Crippen LogP contribution in [0.4, 0.5) is 15.8 Å². The third kappa shape index (κ3) is 4.03. The first-order valence-corrected chi connectivity index (χ1v) is 6.62. The number of aliphatic hydroxyl groups is 1. The quantitative estimate of drug-likeness (QED) is 0.792. The van der Waals surface area contributed by atoms with Crippen LogP contribution >= 0.6 is 0 Å². The van der Waals surface area contributed by atoms with Crippen molar-refractivity contribution in [1.82, 2.24) is 0 Å². The molecule has 1 amide bonds. The summed E-state index contributed by atoms with van der Waals surface area (Å²) in [7, 11) is 0. The molecule has 110 valence electrons. The van der Waals surface area contributed by atoms with Crippen LogP contribution in [0.15, 0.2) is 48.5 Å². The van der Waals surface area contributed by atoms with Gasteiger partial charge in [0.2, 0.25) is 5.91 Å². The predicted molar refractivity (Wildman–Crippen MR) is 80.6 cm³/mol. The summed E-state index contributed by atoms with van der Waals surface area (Å²) in [6, 6.07) is 13.4. The topological polar surface area (TPSA) is 61.4 Å². The number of rotatable bonds is 5. The Morgan fingerprint density at radius 1 is 1.19 bits per heavy atom. The van der Waals surface area contributed by atoms with Crippen molar-refractivity contribution in [3.05, 3.63) is 59.9 Å². The van der Waals surface area contributed by atoms with Crippen LogP contribution in [0, 0.1) is 5.82 Å². The highest BCUT2D eigenvalue weighted by Crippen LogP contribution is 2.23. The van der Waals surface area contributed by atoms with Crippen molar-refractivity contribution in [2.24, 2.45) is 0 Å². The normalized spacial score (nSPS) is 11.8. The minimum Gasteiger partial charge on any atom is -0.387 e. The van der Waals surface area contributed by atoms with Gasteiger partial charge < -0.3 is 15.7 Å². The van der Waals surface area contributed by atoms with Crippen LogP contribution in [-0.2, 0) is 4.79 Å². The fourth-order valence-corrected chi connectivity index (χ4v) is 2.04. The summed E-state index contributed by atoms with van der Waals surface area (Å²) in [5.74, 6) is -0.739. The number of nitrogens with one attached hydrogen (secondary N) is 2. The molecule has 0 aliphatic heterocycles. The lowest BCUT2D eigenvalue weighted by Gasteiger charge is -2.17. The van der Waals surface area contributed by atoms with Crippen molar-refractivity contribution in [3.63, 3.8) is 0 Å². The molecule has 0 fully saturated rings. The van der Waals surface area contributed by atoms with Gasteiger partial charge in [0.1, 0.15) is 12.4 Å². The first-order valence-electron chi connectivity index (χ1n) is 6.62. The maximum atomic E-state index is 13.7. The largest absolute Gasteiger partial charge is 0.387 e. The summed E-state index contributed by atoms with van der Waals surface area (Å²) in [6.07, 6.45) is 0. The number of hydrogen-bond acceptors (Lipinski definition) is 3. The second-order valence-electron chi connectivity index (χ2n) is 4.67. The van der Waals surface area contributed by atoms with E-state index >= 15 is 0 Å². The van der Waals surface area contributed by atoms with E-state index in [2.05, 4.69) is 10.6 Å². The van der Waals surface area contributed by atoms with Gasteiger partial charge >= 0.3 is 0 Å². The number of carbonyl (C=O) groups excluding carboxylic acids is 1. The molecule has 3 N–H and O–H groups in total. The monoisotopic (exact) mass is 288 g/mol. The Hall–Kier alpha value is -2.40. The summed E-state index contributed by atoms with van der Waals surface area (Å²) in [6.45, 7) is 1.29. The van der Waals surface area contributed by atoms with Crippen molar-refractivity contribution >= 4 is 17.3 Å². The number of halogens is 1. The highest BCUT2D eigenvalue weighted by molar-refractivity contribution is 5.91. The lowest BCUT2D eigenvalue weighted by molar-refractivity contribution is -0.118. The molecule has 0 aliphatic carbocycles. The molecule has 0 spiro atoms. The molecule has 2 aromatic carbocycles. The average Bonchev–Trinajstić information content (AvgIpc) is 2.47. The molecular weight excluding hydrogens is 271 g/mol. The van der Waals surface area contributed by atoms with Crippen molar-refractivity contribution in [3.8, 4) is 0 Å². The molecule has 2 rings (SSSR count). The van der Waals surface area contributed by atoms with Crippen LogP contribution in [0.5, 0.6) is 0 Å². The number of hydrogen-bond donors (Lipinski definition) is 3. The average molecular weight is 288 g/mol. The molecular formula is C16H17FN2O2. The smallest absolute Gasteiger partial charge is 0.250 e. The van der Waals surface area contributed by atoms with E-state index in [1.165, 1.54) is 6.07 Å². The third-order valence-corrected chi connectivity index (χ3v) is 3.04. The van der Waals surface area contributed by atoms with Crippen LogP contribution in [0.25, 0.3) is 0 Å². The van der Waals surface area contributed by atoms with Gasteiger partial charge in [-0.1, -0.05) is 24.3 Å². The molecule has 0 saturated heterocycles. The second kappa shape index (κ2) is 6.85. The van der Waals surface area contributed by atoms with E-state index in [4.69, 9.17) is 5.11 Å². The van der Waals surface area contributed by atoms with E-state index in [0.717, 1.165) is 5.69 Å². The third-order valence-electron chi connectivity index (χ3n) is 3.04. The van der Waals surface area contributed by atoms with Crippen molar-refractivity contribution in [2.45, 2.75) is 13.0 Å². The van der Waals surface area contributed by atoms with Gasteiger partial charge in [-0.25, -0.2) is 4.39 Å². The van der Waals surface area contributed by atoms with E-state index in [9.17, 15) is 9.18 Å². The van der Waals surface area contributed by atoms with Gasteiger partial charge in [0.25, 0.3) is 0 Å². The van der Waals surface area contributed by atoms with Gasteiger partial charge in [-0.2, -0.15) is 0 Å². The van der Waals surface area contributed by atoms with Gasteiger partial charge in [-0.3, -0.25) is 4.79 Å². The highest BCUT2D eigenvalue weighted by atomic mass is 19.1. The molecule has 1 unspecified atom stereocenters. The first kappa shape index (κ1) is 15.0. The standard InChI is InChI=1S/C16H17FN2O2/c1-11(14-7-2-3-8-15(14)17)18-12-5-4-6-13(9-12)19-16(21)10-20/h2-9,11,18,20H,10H2,1H3,(H,19,21). The molecule has 4 nitrogen and oxygen atoms in total. The van der Waals surface area contributed by atoms with Gasteiger partial charge in [-0.05, 0) is 31.2 Å². The van der Waals surface area contributed by atoms with Crippen LogP contribution < -0.4 is 10.6 Å². The van der Waals surface area contributed by atoms with Crippen molar-refractivity contribution in [2.75, 3.05) is 17.2 Å². The summed E-state index contributed by atoms with van der Waals surface area (Å²) >= 11 is 0. The maximum absolute atomic E-state index is 13.7. The SMILES string of the molecule is CC(Nc1cccc(NC(=O)CO)c1)c1ccccc1F. The molecule has 2 aromatic rings. The van der Waals surface area contributed by atoms with Crippen LogP contribution in [0.3, 0.4) is 0 Å². The molecule has 21 heavy (non-hydrogen) atoms. The number of carbonyl (C=O) groups is 1. The predicted octanol–water partition coefficient (Wildman–Crippen LogP) is 2.93. The fraction of sp³-hybridized carbons (Fsp3) is 0.188. The molecule has 0 saturated carbocycles. The summed E-state index contributed by atoms with van der Waals surface area (Å²) in [5, 5.41) is 14.5. The van der Waals surface area contributed by atoms with Crippen molar-refractivity contribution < 1.29 is 14.3 Å². The Kier molecular flexibility index (Phi) is 4.90. The number of aliphatic hydroxyl groups excluding tert-OH is 1. The zero-order valence-electron chi connectivity index (χ0n) is 11.6. The number of amides is 1. The molecule has 0 aromatic heterocycles. The zero-order chi connectivity index (χ0) is 15.2. The summed E-state index contributed by atoms with van der Waals surface area (Å²) < 4.78 is 13.7. The highest BCUT2D eigenvalue weighted by Gasteiger charge is 2.10. The van der Waals surface area contributed by atoms with E-state index in [1.54, 1.807) is 36.4 Å². The number of anilines is 2. The molecule has 0 radical (unpaired) electrons. The molecule has 1 atom stereocenters. The number of benzene rings is 2.